The van der Waals surface area contributed by atoms with Gasteiger partial charge in [-0.15, -0.1) is 0 Å². The molecule has 0 aliphatic heterocycles. The lowest BCUT2D eigenvalue weighted by molar-refractivity contribution is 0.210. The minimum atomic E-state index is 0.515. The summed E-state index contributed by atoms with van der Waals surface area (Å²) in [6.45, 7) is 3.31. The van der Waals surface area contributed by atoms with Gasteiger partial charge in [-0.3, -0.25) is 0 Å². The summed E-state index contributed by atoms with van der Waals surface area (Å²) in [6.07, 6.45) is 2.35. The van der Waals surface area contributed by atoms with Crippen LogP contribution in [0.3, 0.4) is 0 Å². The molecular weight excluding hydrogens is 226 g/mol. The molecule has 0 amide bonds. The van der Waals surface area contributed by atoms with E-state index in [1.54, 1.807) is 7.11 Å². The zero-order valence-electron chi connectivity index (χ0n) is 9.59. The molecule has 1 aromatic heterocycles. The van der Waals surface area contributed by atoms with Crippen LogP contribution in [-0.2, 0) is 4.74 Å². The molecule has 0 radical (unpaired) electrons. The predicted octanol–water partition coefficient (Wildman–Crippen LogP) is 2.37. The lowest BCUT2D eigenvalue weighted by atomic mass is 10.3. The molecule has 1 heterocycles. The number of ether oxygens (including phenoxy) is 1. The summed E-state index contributed by atoms with van der Waals surface area (Å²) in [7, 11) is 1.68. The van der Waals surface area contributed by atoms with Crippen molar-refractivity contribution in [3.8, 4) is 0 Å². The third-order valence-electron chi connectivity index (χ3n) is 2.64. The fourth-order valence-electron chi connectivity index (χ4n) is 1.47. The van der Waals surface area contributed by atoms with Crippen LogP contribution < -0.4 is 5.32 Å². The van der Waals surface area contributed by atoms with Crippen LogP contribution in [0.4, 0.5) is 5.82 Å². The minimum Gasteiger partial charge on any atom is -0.383 e. The molecule has 0 atom stereocenters. The largest absolute Gasteiger partial charge is 0.383 e. The molecule has 0 saturated heterocycles. The SMILES string of the molecule is COCCNc1nc(C2CC2)nc(Cl)c1C. The number of hydrogen-bond donors (Lipinski definition) is 1. The van der Waals surface area contributed by atoms with Crippen LogP contribution in [0.5, 0.6) is 0 Å². The molecule has 1 saturated carbocycles. The highest BCUT2D eigenvalue weighted by Gasteiger charge is 2.27. The molecule has 1 aliphatic carbocycles. The quantitative estimate of drug-likeness (QED) is 0.635. The molecular formula is C11H16ClN3O. The van der Waals surface area contributed by atoms with E-state index in [1.165, 1.54) is 12.8 Å². The molecule has 88 valence electrons. The Bertz CT molecular complexity index is 380. The Labute approximate surface area is 100 Å². The van der Waals surface area contributed by atoms with Gasteiger partial charge in [0.1, 0.15) is 16.8 Å². The number of halogens is 1. The summed E-state index contributed by atoms with van der Waals surface area (Å²) in [4.78, 5) is 8.81. The Kier molecular flexibility index (Phi) is 3.61. The lowest BCUT2D eigenvalue weighted by Crippen LogP contribution is -2.11. The van der Waals surface area contributed by atoms with Gasteiger partial charge in [-0.05, 0) is 19.8 Å². The van der Waals surface area contributed by atoms with E-state index >= 15 is 0 Å². The zero-order chi connectivity index (χ0) is 11.5. The Morgan fingerprint density at radius 3 is 2.81 bits per heavy atom. The van der Waals surface area contributed by atoms with Crippen LogP contribution in [-0.4, -0.2) is 30.2 Å². The van der Waals surface area contributed by atoms with Gasteiger partial charge in [0.25, 0.3) is 0 Å². The summed E-state index contributed by atoms with van der Waals surface area (Å²) < 4.78 is 4.98. The number of aromatic nitrogens is 2. The fraction of sp³-hybridized carbons (Fsp3) is 0.636. The number of rotatable bonds is 5. The molecule has 0 unspecified atom stereocenters. The second-order valence-corrected chi connectivity index (χ2v) is 4.40. The van der Waals surface area contributed by atoms with E-state index in [4.69, 9.17) is 16.3 Å². The summed E-state index contributed by atoms with van der Waals surface area (Å²) >= 11 is 6.08. The monoisotopic (exact) mass is 241 g/mol. The fourth-order valence-corrected chi connectivity index (χ4v) is 1.65. The molecule has 2 rings (SSSR count). The highest BCUT2D eigenvalue weighted by Crippen LogP contribution is 2.39. The van der Waals surface area contributed by atoms with E-state index < -0.39 is 0 Å². The molecule has 1 N–H and O–H groups in total. The Morgan fingerprint density at radius 1 is 1.44 bits per heavy atom. The average molecular weight is 242 g/mol. The highest BCUT2D eigenvalue weighted by molar-refractivity contribution is 6.30. The van der Waals surface area contributed by atoms with Crippen LogP contribution in [0.25, 0.3) is 0 Å². The van der Waals surface area contributed by atoms with Crippen LogP contribution in [0.1, 0.15) is 30.1 Å². The Balaban J connectivity index is 2.14. The van der Waals surface area contributed by atoms with Gasteiger partial charge in [-0.1, -0.05) is 11.6 Å². The smallest absolute Gasteiger partial charge is 0.137 e. The van der Waals surface area contributed by atoms with Gasteiger partial charge in [-0.25, -0.2) is 9.97 Å². The van der Waals surface area contributed by atoms with Crippen molar-refractivity contribution in [3.05, 3.63) is 16.5 Å². The molecule has 4 nitrogen and oxygen atoms in total. The number of nitrogens with zero attached hydrogens (tertiary/aromatic N) is 2. The van der Waals surface area contributed by atoms with Gasteiger partial charge in [-0.2, -0.15) is 0 Å². The number of nitrogens with one attached hydrogen (secondary N) is 1. The molecule has 1 aromatic rings. The first-order valence-electron chi connectivity index (χ1n) is 5.49. The van der Waals surface area contributed by atoms with Crippen molar-refractivity contribution in [2.24, 2.45) is 0 Å². The number of anilines is 1. The maximum atomic E-state index is 6.08. The summed E-state index contributed by atoms with van der Waals surface area (Å²) in [5, 5.41) is 3.77. The number of hydrogen-bond acceptors (Lipinski definition) is 4. The van der Waals surface area contributed by atoms with Gasteiger partial charge in [0, 0.05) is 25.1 Å². The first kappa shape index (κ1) is 11.6. The predicted molar refractivity (Wildman–Crippen MR) is 64.1 cm³/mol. The van der Waals surface area contributed by atoms with Crippen molar-refractivity contribution in [3.63, 3.8) is 0 Å². The van der Waals surface area contributed by atoms with Crippen LogP contribution in [0.2, 0.25) is 5.15 Å². The minimum absolute atomic E-state index is 0.515. The Hall–Kier alpha value is -0.870. The van der Waals surface area contributed by atoms with E-state index in [2.05, 4.69) is 15.3 Å². The maximum absolute atomic E-state index is 6.08. The van der Waals surface area contributed by atoms with E-state index in [0.29, 0.717) is 17.7 Å². The second kappa shape index (κ2) is 4.97. The van der Waals surface area contributed by atoms with Gasteiger partial charge in [0.2, 0.25) is 0 Å². The van der Waals surface area contributed by atoms with Crippen molar-refractivity contribution < 1.29 is 4.74 Å². The van der Waals surface area contributed by atoms with Crippen molar-refractivity contribution >= 4 is 17.4 Å². The molecule has 16 heavy (non-hydrogen) atoms. The van der Waals surface area contributed by atoms with Gasteiger partial charge in [0.05, 0.1) is 6.61 Å². The molecule has 0 bridgehead atoms. The number of methoxy groups -OCH3 is 1. The molecule has 5 heteroatoms. The maximum Gasteiger partial charge on any atom is 0.137 e. The van der Waals surface area contributed by atoms with Gasteiger partial charge < -0.3 is 10.1 Å². The van der Waals surface area contributed by atoms with E-state index in [1.807, 2.05) is 6.92 Å². The van der Waals surface area contributed by atoms with Gasteiger partial charge >= 0.3 is 0 Å². The van der Waals surface area contributed by atoms with Crippen molar-refractivity contribution in [2.75, 3.05) is 25.6 Å². The van der Waals surface area contributed by atoms with Crippen molar-refractivity contribution in [1.29, 1.82) is 0 Å². The van der Waals surface area contributed by atoms with E-state index in [-0.39, 0.29) is 0 Å². The Morgan fingerprint density at radius 2 is 2.19 bits per heavy atom. The molecule has 0 spiro atoms. The van der Waals surface area contributed by atoms with Gasteiger partial charge in [0.15, 0.2) is 0 Å². The first-order chi connectivity index (χ1) is 7.72. The zero-order valence-corrected chi connectivity index (χ0v) is 10.3. The molecule has 0 aromatic carbocycles. The van der Waals surface area contributed by atoms with Crippen LogP contribution in [0, 0.1) is 6.92 Å². The topological polar surface area (TPSA) is 47.0 Å². The second-order valence-electron chi connectivity index (χ2n) is 4.04. The normalized spacial score (nSPS) is 15.2. The third-order valence-corrected chi connectivity index (χ3v) is 3.01. The summed E-state index contributed by atoms with van der Waals surface area (Å²) in [5.41, 5.74) is 0.905. The molecule has 1 aliphatic rings. The average Bonchev–Trinajstić information content (AvgIpc) is 3.08. The van der Waals surface area contributed by atoms with Crippen molar-refractivity contribution in [1.82, 2.24) is 9.97 Å². The first-order valence-corrected chi connectivity index (χ1v) is 5.87. The highest BCUT2D eigenvalue weighted by atomic mass is 35.5. The van der Waals surface area contributed by atoms with Crippen LogP contribution in [0.15, 0.2) is 0 Å². The third kappa shape index (κ3) is 2.62. The summed E-state index contributed by atoms with van der Waals surface area (Å²) in [5.74, 6) is 2.22. The van der Waals surface area contributed by atoms with Crippen LogP contribution >= 0.6 is 11.6 Å². The van der Waals surface area contributed by atoms with E-state index in [9.17, 15) is 0 Å². The van der Waals surface area contributed by atoms with E-state index in [0.717, 1.165) is 23.8 Å². The summed E-state index contributed by atoms with van der Waals surface area (Å²) in [6, 6.07) is 0. The van der Waals surface area contributed by atoms with Crippen molar-refractivity contribution in [2.45, 2.75) is 25.7 Å². The standard InChI is InChI=1S/C11H16ClN3O/c1-7-9(12)14-11(8-3-4-8)15-10(7)13-5-6-16-2/h8H,3-6H2,1-2H3,(H,13,14,15). The lowest BCUT2D eigenvalue weighted by Gasteiger charge is -2.10. The molecule has 1 fully saturated rings.